The molecule has 1 amide bonds. The van der Waals surface area contributed by atoms with Crippen LogP contribution < -0.4 is 5.32 Å². The normalized spacial score (nSPS) is 11.0. The highest BCUT2D eigenvalue weighted by atomic mass is 79.9. The third-order valence-electron chi connectivity index (χ3n) is 3.80. The van der Waals surface area contributed by atoms with E-state index < -0.39 is 10.8 Å². The molecule has 1 heterocycles. The number of hydrogen-bond acceptors (Lipinski definition) is 5. The van der Waals surface area contributed by atoms with Crippen LogP contribution in [0.3, 0.4) is 0 Å². The number of nitrogens with zero attached hydrogens (tertiary/aromatic N) is 2. The Bertz CT molecular complexity index is 1160. The molecule has 0 aliphatic heterocycles. The Morgan fingerprint density at radius 2 is 1.93 bits per heavy atom. The van der Waals surface area contributed by atoms with E-state index in [0.29, 0.717) is 5.69 Å². The van der Waals surface area contributed by atoms with Gasteiger partial charge in [-0.3, -0.25) is 14.9 Å². The van der Waals surface area contributed by atoms with E-state index in [1.807, 2.05) is 6.07 Å². The van der Waals surface area contributed by atoms with Gasteiger partial charge in [0.15, 0.2) is 0 Å². The predicted octanol–water partition coefficient (Wildman–Crippen LogP) is 5.82. The van der Waals surface area contributed by atoms with E-state index >= 15 is 0 Å². The molecule has 0 spiro atoms. The van der Waals surface area contributed by atoms with Crippen LogP contribution >= 0.6 is 27.5 Å². The topological polar surface area (TPSA) is 109 Å². The van der Waals surface area contributed by atoms with Crippen molar-refractivity contribution in [3.05, 3.63) is 85.5 Å². The number of carbonyl (C=O) groups excluding carboxylic acids is 1. The molecule has 0 aliphatic carbocycles. The summed E-state index contributed by atoms with van der Waals surface area (Å²) in [5.41, 5.74) is 0.364. The van der Waals surface area contributed by atoms with Crippen molar-refractivity contribution in [3.63, 3.8) is 0 Å². The summed E-state index contributed by atoms with van der Waals surface area (Å²) in [7, 11) is 0. The quantitative estimate of drug-likeness (QED) is 0.218. The summed E-state index contributed by atoms with van der Waals surface area (Å²) in [5, 5.41) is 23.4. The average Bonchev–Trinajstić information content (AvgIpc) is 3.16. The Kier molecular flexibility index (Phi) is 6.12. The number of anilines is 1. The standard InChI is InChI=1S/C20H11BrClN3O4/c21-13-1-4-15(5-2-13)24-20(26)12(11-23)9-16-6-8-19(29-16)17-7-3-14(22)10-18(17)25(27)28/h1-10H,(H,24,26)/b12-9-. The lowest BCUT2D eigenvalue weighted by Crippen LogP contribution is -2.13. The fraction of sp³-hybridized carbons (Fsp3) is 0. The Morgan fingerprint density at radius 1 is 1.21 bits per heavy atom. The molecule has 0 bridgehead atoms. The smallest absolute Gasteiger partial charge is 0.281 e. The largest absolute Gasteiger partial charge is 0.456 e. The lowest BCUT2D eigenvalue weighted by molar-refractivity contribution is -0.384. The molecule has 0 saturated heterocycles. The number of benzene rings is 2. The maximum Gasteiger partial charge on any atom is 0.281 e. The van der Waals surface area contributed by atoms with Gasteiger partial charge < -0.3 is 9.73 Å². The molecule has 3 rings (SSSR count). The second-order valence-electron chi connectivity index (χ2n) is 5.75. The van der Waals surface area contributed by atoms with E-state index in [2.05, 4.69) is 21.2 Å². The first-order valence-electron chi connectivity index (χ1n) is 8.10. The number of halogens is 2. The second kappa shape index (κ2) is 8.73. The van der Waals surface area contributed by atoms with Crippen molar-refractivity contribution in [1.82, 2.24) is 0 Å². The van der Waals surface area contributed by atoms with E-state index in [-0.39, 0.29) is 33.4 Å². The maximum atomic E-state index is 12.3. The summed E-state index contributed by atoms with van der Waals surface area (Å²) in [5.74, 6) is -0.192. The fourth-order valence-corrected chi connectivity index (χ4v) is 2.89. The van der Waals surface area contributed by atoms with Crippen LogP contribution in [0.15, 0.2) is 69.1 Å². The minimum atomic E-state index is -0.606. The molecule has 0 fully saturated rings. The van der Waals surface area contributed by atoms with Gasteiger partial charge in [0.25, 0.3) is 11.6 Å². The van der Waals surface area contributed by atoms with Gasteiger partial charge in [0, 0.05) is 27.3 Å². The van der Waals surface area contributed by atoms with Crippen LogP contribution in [0.25, 0.3) is 17.4 Å². The summed E-state index contributed by atoms with van der Waals surface area (Å²) < 4.78 is 6.44. The van der Waals surface area contributed by atoms with Gasteiger partial charge in [-0.1, -0.05) is 27.5 Å². The third kappa shape index (κ3) is 4.90. The van der Waals surface area contributed by atoms with Gasteiger partial charge in [0.2, 0.25) is 0 Å². The number of nitriles is 1. The van der Waals surface area contributed by atoms with Crippen molar-refractivity contribution in [3.8, 4) is 17.4 Å². The minimum Gasteiger partial charge on any atom is -0.456 e. The van der Waals surface area contributed by atoms with E-state index in [9.17, 15) is 20.2 Å². The zero-order valence-electron chi connectivity index (χ0n) is 14.6. The summed E-state index contributed by atoms with van der Waals surface area (Å²) in [6.45, 7) is 0. The van der Waals surface area contributed by atoms with E-state index in [4.69, 9.17) is 16.0 Å². The van der Waals surface area contributed by atoms with Gasteiger partial charge in [0.05, 0.1) is 10.5 Å². The molecule has 2 aromatic carbocycles. The van der Waals surface area contributed by atoms with Crippen molar-refractivity contribution in [2.75, 3.05) is 5.32 Å². The van der Waals surface area contributed by atoms with Gasteiger partial charge in [-0.15, -0.1) is 0 Å². The highest BCUT2D eigenvalue weighted by molar-refractivity contribution is 9.10. The zero-order chi connectivity index (χ0) is 21.0. The first kappa shape index (κ1) is 20.3. The van der Waals surface area contributed by atoms with Crippen molar-refractivity contribution in [2.45, 2.75) is 0 Å². The van der Waals surface area contributed by atoms with Gasteiger partial charge in [-0.2, -0.15) is 5.26 Å². The van der Waals surface area contributed by atoms with Crippen molar-refractivity contribution < 1.29 is 14.1 Å². The van der Waals surface area contributed by atoms with Crippen LogP contribution in [-0.2, 0) is 4.79 Å². The van der Waals surface area contributed by atoms with Crippen LogP contribution in [0, 0.1) is 21.4 Å². The highest BCUT2D eigenvalue weighted by Crippen LogP contribution is 2.33. The van der Waals surface area contributed by atoms with Gasteiger partial charge >= 0.3 is 0 Å². The van der Waals surface area contributed by atoms with E-state index in [1.165, 1.54) is 36.4 Å². The Hall–Kier alpha value is -3.41. The zero-order valence-corrected chi connectivity index (χ0v) is 16.9. The number of nitro benzene ring substituents is 1. The second-order valence-corrected chi connectivity index (χ2v) is 7.10. The number of carbonyl (C=O) groups is 1. The molecule has 1 N–H and O–H groups in total. The summed E-state index contributed by atoms with van der Waals surface area (Å²) in [6, 6.07) is 15.9. The molecule has 0 aliphatic rings. The lowest BCUT2D eigenvalue weighted by Gasteiger charge is -2.04. The monoisotopic (exact) mass is 471 g/mol. The average molecular weight is 473 g/mol. The van der Waals surface area contributed by atoms with Crippen molar-refractivity contribution in [1.29, 1.82) is 5.26 Å². The minimum absolute atomic E-state index is 0.181. The summed E-state index contributed by atoms with van der Waals surface area (Å²) in [6.07, 6.45) is 1.26. The molecular formula is C20H11BrClN3O4. The highest BCUT2D eigenvalue weighted by Gasteiger charge is 2.19. The number of nitro groups is 1. The lowest BCUT2D eigenvalue weighted by atomic mass is 10.1. The number of furan rings is 1. The molecule has 29 heavy (non-hydrogen) atoms. The molecule has 1 aromatic heterocycles. The Morgan fingerprint density at radius 3 is 2.59 bits per heavy atom. The van der Waals surface area contributed by atoms with Gasteiger partial charge in [0.1, 0.15) is 23.2 Å². The number of nitrogens with one attached hydrogen (secondary N) is 1. The SMILES string of the molecule is N#C/C(=C/c1ccc(-c2ccc(Cl)cc2[N+](=O)[O-])o1)C(=O)Nc1ccc(Br)cc1. The number of amides is 1. The van der Waals surface area contributed by atoms with Crippen molar-refractivity contribution in [2.24, 2.45) is 0 Å². The summed E-state index contributed by atoms with van der Waals surface area (Å²) >= 11 is 9.12. The molecular weight excluding hydrogens is 462 g/mol. The predicted molar refractivity (Wildman–Crippen MR) is 112 cm³/mol. The molecule has 144 valence electrons. The molecule has 0 radical (unpaired) electrons. The molecule has 0 atom stereocenters. The molecule has 3 aromatic rings. The Balaban J connectivity index is 1.86. The number of hydrogen-bond donors (Lipinski definition) is 1. The molecule has 9 heteroatoms. The molecule has 0 saturated carbocycles. The van der Waals surface area contributed by atoms with Crippen LogP contribution in [0.5, 0.6) is 0 Å². The first-order valence-corrected chi connectivity index (χ1v) is 9.27. The van der Waals surface area contributed by atoms with Crippen LogP contribution in [0.4, 0.5) is 11.4 Å². The van der Waals surface area contributed by atoms with Crippen LogP contribution in [0.2, 0.25) is 5.02 Å². The molecule has 7 nitrogen and oxygen atoms in total. The number of rotatable bonds is 5. The van der Waals surface area contributed by atoms with E-state index in [0.717, 1.165) is 4.47 Å². The van der Waals surface area contributed by atoms with Crippen LogP contribution in [-0.4, -0.2) is 10.8 Å². The molecule has 0 unspecified atom stereocenters. The maximum absolute atomic E-state index is 12.3. The van der Waals surface area contributed by atoms with E-state index in [1.54, 1.807) is 24.3 Å². The van der Waals surface area contributed by atoms with Crippen molar-refractivity contribution >= 4 is 50.9 Å². The van der Waals surface area contributed by atoms with Crippen LogP contribution in [0.1, 0.15) is 5.76 Å². The first-order chi connectivity index (χ1) is 13.9. The Labute approximate surface area is 178 Å². The third-order valence-corrected chi connectivity index (χ3v) is 4.57. The van der Waals surface area contributed by atoms with Gasteiger partial charge in [-0.25, -0.2) is 0 Å². The fourth-order valence-electron chi connectivity index (χ4n) is 2.46. The summed E-state index contributed by atoms with van der Waals surface area (Å²) in [4.78, 5) is 23.0. The van der Waals surface area contributed by atoms with Gasteiger partial charge in [-0.05, 0) is 48.5 Å².